The Balaban J connectivity index is 1.90. The summed E-state index contributed by atoms with van der Waals surface area (Å²) in [6, 6.07) is 11.2. The summed E-state index contributed by atoms with van der Waals surface area (Å²) in [4.78, 5) is 2.55. The fourth-order valence-corrected chi connectivity index (χ4v) is 3.12. The van der Waals surface area contributed by atoms with Crippen LogP contribution < -0.4 is 5.73 Å². The molecule has 2 atom stereocenters. The van der Waals surface area contributed by atoms with Crippen LogP contribution in [-0.4, -0.2) is 24.0 Å². The molecule has 2 heteroatoms. The third-order valence-electron chi connectivity index (χ3n) is 4.41. The van der Waals surface area contributed by atoms with Crippen LogP contribution >= 0.6 is 0 Å². The summed E-state index contributed by atoms with van der Waals surface area (Å²) >= 11 is 0. The summed E-state index contributed by atoms with van der Waals surface area (Å²) in [7, 11) is 0. The molecule has 0 saturated heterocycles. The minimum atomic E-state index is 0.410. The van der Waals surface area contributed by atoms with E-state index in [2.05, 4.69) is 42.2 Å². The summed E-state index contributed by atoms with van der Waals surface area (Å²) in [6.07, 6.45) is 6.58. The maximum Gasteiger partial charge on any atom is 0.0233 e. The van der Waals surface area contributed by atoms with Gasteiger partial charge in [0, 0.05) is 19.1 Å². The molecular weight excluding hydrogens is 232 g/mol. The summed E-state index contributed by atoms with van der Waals surface area (Å²) in [5, 5.41) is 0. The standard InChI is InChI=1S/C17H28N2/c1-2-19(13-15-9-5-3-6-10-15)14-16-11-7-4-8-12-17(16)18/h3,5-6,9-10,16-17H,2,4,7-8,11-14,18H2,1H3. The van der Waals surface area contributed by atoms with Gasteiger partial charge in [-0.25, -0.2) is 0 Å². The van der Waals surface area contributed by atoms with Gasteiger partial charge >= 0.3 is 0 Å². The second kappa shape index (κ2) is 7.66. The van der Waals surface area contributed by atoms with E-state index in [1.54, 1.807) is 0 Å². The molecule has 2 N–H and O–H groups in total. The largest absolute Gasteiger partial charge is 0.327 e. The van der Waals surface area contributed by atoms with Crippen molar-refractivity contribution in [3.8, 4) is 0 Å². The van der Waals surface area contributed by atoms with Gasteiger partial charge in [0.2, 0.25) is 0 Å². The van der Waals surface area contributed by atoms with Crippen LogP contribution in [-0.2, 0) is 6.54 Å². The van der Waals surface area contributed by atoms with Crippen molar-refractivity contribution in [2.75, 3.05) is 13.1 Å². The Morgan fingerprint density at radius 2 is 1.84 bits per heavy atom. The van der Waals surface area contributed by atoms with Crippen LogP contribution in [0.25, 0.3) is 0 Å². The first-order valence-corrected chi connectivity index (χ1v) is 7.81. The molecule has 19 heavy (non-hydrogen) atoms. The zero-order chi connectivity index (χ0) is 13.5. The molecule has 1 fully saturated rings. The third kappa shape index (κ3) is 4.63. The Morgan fingerprint density at radius 3 is 2.58 bits per heavy atom. The Morgan fingerprint density at radius 1 is 1.11 bits per heavy atom. The fraction of sp³-hybridized carbons (Fsp3) is 0.647. The van der Waals surface area contributed by atoms with Gasteiger partial charge in [0.1, 0.15) is 0 Å². The molecule has 0 spiro atoms. The van der Waals surface area contributed by atoms with E-state index in [1.165, 1.54) is 37.7 Å². The molecule has 2 nitrogen and oxygen atoms in total. The second-order valence-corrected chi connectivity index (χ2v) is 5.88. The molecule has 106 valence electrons. The molecule has 1 aliphatic rings. The Kier molecular flexibility index (Phi) is 5.87. The Labute approximate surface area is 118 Å². The van der Waals surface area contributed by atoms with E-state index >= 15 is 0 Å². The molecule has 1 saturated carbocycles. The first kappa shape index (κ1) is 14.5. The van der Waals surface area contributed by atoms with Crippen LogP contribution in [0, 0.1) is 5.92 Å². The molecule has 0 heterocycles. The molecular formula is C17H28N2. The van der Waals surface area contributed by atoms with Crippen molar-refractivity contribution in [1.82, 2.24) is 4.90 Å². The van der Waals surface area contributed by atoms with Crippen molar-refractivity contribution in [2.24, 2.45) is 11.7 Å². The molecule has 0 radical (unpaired) electrons. The summed E-state index contributed by atoms with van der Waals surface area (Å²) in [5.41, 5.74) is 7.76. The van der Waals surface area contributed by atoms with E-state index in [4.69, 9.17) is 5.73 Å². The highest BCUT2D eigenvalue weighted by atomic mass is 15.1. The number of nitrogens with two attached hydrogens (primary N) is 1. The van der Waals surface area contributed by atoms with Crippen molar-refractivity contribution in [3.63, 3.8) is 0 Å². The zero-order valence-corrected chi connectivity index (χ0v) is 12.2. The average Bonchev–Trinajstić information content (AvgIpc) is 2.64. The van der Waals surface area contributed by atoms with E-state index in [9.17, 15) is 0 Å². The van der Waals surface area contributed by atoms with Crippen LogP contribution in [0.15, 0.2) is 30.3 Å². The SMILES string of the molecule is CCN(Cc1ccccc1)CC1CCCCCC1N. The van der Waals surface area contributed by atoms with E-state index in [-0.39, 0.29) is 0 Å². The monoisotopic (exact) mass is 260 g/mol. The minimum absolute atomic E-state index is 0.410. The summed E-state index contributed by atoms with van der Waals surface area (Å²) < 4.78 is 0. The van der Waals surface area contributed by atoms with Crippen molar-refractivity contribution < 1.29 is 0 Å². The van der Waals surface area contributed by atoms with E-state index in [1.807, 2.05) is 0 Å². The number of hydrogen-bond acceptors (Lipinski definition) is 2. The highest BCUT2D eigenvalue weighted by Gasteiger charge is 2.22. The van der Waals surface area contributed by atoms with Crippen LogP contribution in [0.3, 0.4) is 0 Å². The third-order valence-corrected chi connectivity index (χ3v) is 4.41. The van der Waals surface area contributed by atoms with Crippen molar-refractivity contribution in [2.45, 2.75) is 51.6 Å². The molecule has 1 aromatic rings. The first-order valence-electron chi connectivity index (χ1n) is 7.81. The normalized spacial score (nSPS) is 24.4. The summed E-state index contributed by atoms with van der Waals surface area (Å²) in [6.45, 7) is 5.58. The van der Waals surface area contributed by atoms with Crippen LogP contribution in [0.4, 0.5) is 0 Å². The lowest BCUT2D eigenvalue weighted by Gasteiger charge is -2.29. The first-order chi connectivity index (χ1) is 9.29. The lowest BCUT2D eigenvalue weighted by molar-refractivity contribution is 0.208. The van der Waals surface area contributed by atoms with Crippen molar-refractivity contribution in [3.05, 3.63) is 35.9 Å². The maximum atomic E-state index is 6.35. The maximum absolute atomic E-state index is 6.35. The molecule has 1 aromatic carbocycles. The van der Waals surface area contributed by atoms with Gasteiger partial charge in [0.15, 0.2) is 0 Å². The predicted molar refractivity (Wildman–Crippen MR) is 81.9 cm³/mol. The van der Waals surface area contributed by atoms with Crippen LogP contribution in [0.1, 0.15) is 44.6 Å². The number of nitrogens with zero attached hydrogens (tertiary/aromatic N) is 1. The van der Waals surface area contributed by atoms with Crippen molar-refractivity contribution in [1.29, 1.82) is 0 Å². The van der Waals surface area contributed by atoms with Gasteiger partial charge in [-0.1, -0.05) is 56.5 Å². The molecule has 2 unspecified atom stereocenters. The number of rotatable bonds is 5. The van der Waals surface area contributed by atoms with Gasteiger partial charge in [0.05, 0.1) is 0 Å². The molecule has 0 amide bonds. The van der Waals surface area contributed by atoms with Crippen molar-refractivity contribution >= 4 is 0 Å². The van der Waals surface area contributed by atoms with Gasteiger partial charge in [0.25, 0.3) is 0 Å². The zero-order valence-electron chi connectivity index (χ0n) is 12.2. The van der Waals surface area contributed by atoms with Gasteiger partial charge in [-0.15, -0.1) is 0 Å². The summed E-state index contributed by atoms with van der Waals surface area (Å²) in [5.74, 6) is 0.686. The van der Waals surface area contributed by atoms with E-state index in [0.717, 1.165) is 19.6 Å². The van der Waals surface area contributed by atoms with E-state index < -0.39 is 0 Å². The fourth-order valence-electron chi connectivity index (χ4n) is 3.12. The second-order valence-electron chi connectivity index (χ2n) is 5.88. The predicted octanol–water partition coefficient (Wildman–Crippen LogP) is 3.42. The minimum Gasteiger partial charge on any atom is -0.327 e. The molecule has 2 rings (SSSR count). The topological polar surface area (TPSA) is 29.3 Å². The number of benzene rings is 1. The number of hydrogen-bond donors (Lipinski definition) is 1. The lowest BCUT2D eigenvalue weighted by atomic mass is 9.94. The van der Waals surface area contributed by atoms with Gasteiger partial charge in [-0.05, 0) is 30.9 Å². The Bertz CT molecular complexity index is 350. The quantitative estimate of drug-likeness (QED) is 0.822. The van der Waals surface area contributed by atoms with Gasteiger partial charge in [-0.3, -0.25) is 4.90 Å². The van der Waals surface area contributed by atoms with Gasteiger partial charge < -0.3 is 5.73 Å². The smallest absolute Gasteiger partial charge is 0.0233 e. The molecule has 0 aliphatic heterocycles. The van der Waals surface area contributed by atoms with Gasteiger partial charge in [-0.2, -0.15) is 0 Å². The van der Waals surface area contributed by atoms with Crippen LogP contribution in [0.5, 0.6) is 0 Å². The molecule has 0 bridgehead atoms. The molecule has 1 aliphatic carbocycles. The molecule has 0 aromatic heterocycles. The lowest BCUT2D eigenvalue weighted by Crippen LogP contribution is -2.38. The average molecular weight is 260 g/mol. The Hall–Kier alpha value is -0.860. The van der Waals surface area contributed by atoms with E-state index in [0.29, 0.717) is 12.0 Å². The highest BCUT2D eigenvalue weighted by Crippen LogP contribution is 2.23. The highest BCUT2D eigenvalue weighted by molar-refractivity contribution is 5.14. The van der Waals surface area contributed by atoms with Crippen LogP contribution in [0.2, 0.25) is 0 Å².